The van der Waals surface area contributed by atoms with Crippen molar-refractivity contribution in [2.75, 3.05) is 38.8 Å². The molecular formula is C16H20BrNO3. The van der Waals surface area contributed by atoms with Crippen LogP contribution in [0, 0.1) is 0 Å². The number of nitrogens with one attached hydrogen (secondary N) is 1. The van der Waals surface area contributed by atoms with E-state index in [9.17, 15) is 5.11 Å². The molecule has 2 rings (SSSR count). The highest BCUT2D eigenvalue weighted by atomic mass is 79.9. The van der Waals surface area contributed by atoms with Crippen LogP contribution in [0.4, 0.5) is 5.69 Å². The Morgan fingerprint density at radius 1 is 1.14 bits per heavy atom. The summed E-state index contributed by atoms with van der Waals surface area (Å²) in [6, 6.07) is 12.3. The molecule has 0 aromatic heterocycles. The Morgan fingerprint density at radius 2 is 1.90 bits per heavy atom. The molecule has 2 N–H and O–H groups in total. The Balaban J connectivity index is 1.84. The summed E-state index contributed by atoms with van der Waals surface area (Å²) in [6.45, 7) is 1.80. The van der Waals surface area contributed by atoms with Crippen LogP contribution in [0.3, 0.4) is 0 Å². The molecule has 0 saturated carbocycles. The van der Waals surface area contributed by atoms with Gasteiger partial charge in [0.05, 0.1) is 25.9 Å². The third-order valence-corrected chi connectivity index (χ3v) is 3.58. The molecule has 2 aromatic rings. The topological polar surface area (TPSA) is 50.7 Å². The van der Waals surface area contributed by atoms with Crippen molar-refractivity contribution < 1.29 is 14.6 Å². The van der Waals surface area contributed by atoms with E-state index in [4.69, 9.17) is 9.47 Å². The molecule has 0 saturated heterocycles. The van der Waals surface area contributed by atoms with Crippen molar-refractivity contribution in [2.24, 2.45) is 0 Å². The van der Waals surface area contributed by atoms with Gasteiger partial charge in [0, 0.05) is 23.8 Å². The number of halogens is 1. The van der Waals surface area contributed by atoms with E-state index in [1.807, 2.05) is 12.1 Å². The highest BCUT2D eigenvalue weighted by molar-refractivity contribution is 9.10. The van der Waals surface area contributed by atoms with Crippen molar-refractivity contribution >= 4 is 32.4 Å². The van der Waals surface area contributed by atoms with Crippen LogP contribution in [-0.2, 0) is 9.47 Å². The molecule has 4 nitrogen and oxygen atoms in total. The maximum atomic E-state index is 9.82. The van der Waals surface area contributed by atoms with Crippen molar-refractivity contribution in [3.63, 3.8) is 0 Å². The Bertz CT molecular complexity index is 576. The van der Waals surface area contributed by atoms with Gasteiger partial charge in [0.15, 0.2) is 0 Å². The van der Waals surface area contributed by atoms with E-state index in [-0.39, 0.29) is 0 Å². The number of ether oxygens (including phenoxy) is 2. The van der Waals surface area contributed by atoms with Crippen molar-refractivity contribution in [2.45, 2.75) is 6.10 Å². The summed E-state index contributed by atoms with van der Waals surface area (Å²) in [4.78, 5) is 0. The molecule has 0 aliphatic heterocycles. The molecule has 0 fully saturated rings. The van der Waals surface area contributed by atoms with Gasteiger partial charge in [-0.05, 0) is 35.0 Å². The minimum Gasteiger partial charge on any atom is -0.389 e. The van der Waals surface area contributed by atoms with Gasteiger partial charge < -0.3 is 19.9 Å². The Kier molecular flexibility index (Phi) is 6.45. The van der Waals surface area contributed by atoms with Crippen LogP contribution in [0.15, 0.2) is 40.9 Å². The van der Waals surface area contributed by atoms with E-state index in [1.54, 1.807) is 7.11 Å². The fourth-order valence-corrected chi connectivity index (χ4v) is 2.36. The van der Waals surface area contributed by atoms with E-state index >= 15 is 0 Å². The van der Waals surface area contributed by atoms with Gasteiger partial charge in [0.25, 0.3) is 0 Å². The lowest BCUT2D eigenvalue weighted by molar-refractivity contribution is 0.0182. The number of aliphatic hydroxyl groups excluding tert-OH is 1. The molecule has 0 bridgehead atoms. The Hall–Kier alpha value is -1.14. The molecule has 5 heteroatoms. The normalized spacial score (nSPS) is 12.5. The highest BCUT2D eigenvalue weighted by Crippen LogP contribution is 2.22. The number of hydrogen-bond acceptors (Lipinski definition) is 4. The van der Waals surface area contributed by atoms with Gasteiger partial charge in [0.1, 0.15) is 0 Å². The quantitative estimate of drug-likeness (QED) is 0.716. The molecule has 21 heavy (non-hydrogen) atoms. The first kappa shape index (κ1) is 16.2. The van der Waals surface area contributed by atoms with E-state index in [2.05, 4.69) is 45.5 Å². The lowest BCUT2D eigenvalue weighted by Crippen LogP contribution is -2.25. The van der Waals surface area contributed by atoms with Crippen LogP contribution in [0.1, 0.15) is 0 Å². The van der Waals surface area contributed by atoms with Crippen LogP contribution in [0.2, 0.25) is 0 Å². The van der Waals surface area contributed by atoms with Crippen LogP contribution < -0.4 is 5.32 Å². The van der Waals surface area contributed by atoms with Crippen molar-refractivity contribution in [1.82, 2.24) is 0 Å². The van der Waals surface area contributed by atoms with Crippen LogP contribution in [0.5, 0.6) is 0 Å². The van der Waals surface area contributed by atoms with Gasteiger partial charge in [-0.15, -0.1) is 0 Å². The summed E-state index contributed by atoms with van der Waals surface area (Å²) in [6.07, 6.45) is -0.539. The monoisotopic (exact) mass is 353 g/mol. The third-order valence-electron chi connectivity index (χ3n) is 3.09. The van der Waals surface area contributed by atoms with E-state index in [0.29, 0.717) is 26.4 Å². The molecule has 0 aliphatic carbocycles. The van der Waals surface area contributed by atoms with E-state index in [0.717, 1.165) is 15.5 Å². The molecule has 0 aliphatic rings. The molecule has 0 heterocycles. The van der Waals surface area contributed by atoms with Crippen LogP contribution in [0.25, 0.3) is 10.8 Å². The average molecular weight is 354 g/mol. The second kappa shape index (κ2) is 8.34. The van der Waals surface area contributed by atoms with Crippen molar-refractivity contribution in [3.8, 4) is 0 Å². The predicted octanol–water partition coefficient (Wildman–Crippen LogP) is 3.04. The molecule has 0 amide bonds. The van der Waals surface area contributed by atoms with Gasteiger partial charge in [-0.1, -0.05) is 28.1 Å². The second-order valence-corrected chi connectivity index (χ2v) is 5.72. The van der Waals surface area contributed by atoms with Crippen LogP contribution >= 0.6 is 15.9 Å². The average Bonchev–Trinajstić information content (AvgIpc) is 2.49. The number of methoxy groups -OCH3 is 1. The highest BCUT2D eigenvalue weighted by Gasteiger charge is 2.04. The van der Waals surface area contributed by atoms with Gasteiger partial charge in [-0.25, -0.2) is 0 Å². The number of fused-ring (bicyclic) bond motifs is 1. The number of hydrogen-bond donors (Lipinski definition) is 2. The summed E-state index contributed by atoms with van der Waals surface area (Å²) in [5.41, 5.74) is 0.987. The molecule has 114 valence electrons. The van der Waals surface area contributed by atoms with Gasteiger partial charge in [0.2, 0.25) is 0 Å². The lowest BCUT2D eigenvalue weighted by atomic mass is 10.1. The van der Waals surface area contributed by atoms with Crippen molar-refractivity contribution in [1.29, 1.82) is 0 Å². The summed E-state index contributed by atoms with van der Waals surface area (Å²) in [5, 5.41) is 15.4. The molecule has 0 spiro atoms. The largest absolute Gasteiger partial charge is 0.389 e. The summed E-state index contributed by atoms with van der Waals surface area (Å²) >= 11 is 3.46. The first-order valence-electron chi connectivity index (χ1n) is 6.87. The smallest absolute Gasteiger partial charge is 0.0945 e. The lowest BCUT2D eigenvalue weighted by Gasteiger charge is -2.13. The molecular weight excluding hydrogens is 334 g/mol. The first-order valence-corrected chi connectivity index (χ1v) is 7.66. The summed E-state index contributed by atoms with van der Waals surface area (Å²) in [7, 11) is 1.62. The molecule has 0 radical (unpaired) electrons. The maximum Gasteiger partial charge on any atom is 0.0945 e. The Labute approximate surface area is 133 Å². The first-order chi connectivity index (χ1) is 10.2. The zero-order chi connectivity index (χ0) is 15.1. The van der Waals surface area contributed by atoms with E-state index in [1.165, 1.54) is 5.39 Å². The second-order valence-electron chi connectivity index (χ2n) is 4.81. The molecule has 2 aromatic carbocycles. The predicted molar refractivity (Wildman–Crippen MR) is 88.8 cm³/mol. The number of anilines is 1. The molecule has 1 unspecified atom stereocenters. The van der Waals surface area contributed by atoms with Gasteiger partial charge in [-0.3, -0.25) is 0 Å². The minimum atomic E-state index is -0.539. The zero-order valence-corrected chi connectivity index (χ0v) is 13.6. The number of aliphatic hydroxyl groups is 1. The van der Waals surface area contributed by atoms with Crippen molar-refractivity contribution in [3.05, 3.63) is 40.9 Å². The van der Waals surface area contributed by atoms with Gasteiger partial charge >= 0.3 is 0 Å². The van der Waals surface area contributed by atoms with E-state index < -0.39 is 6.10 Å². The fourth-order valence-electron chi connectivity index (χ4n) is 1.98. The third kappa shape index (κ3) is 5.28. The summed E-state index contributed by atoms with van der Waals surface area (Å²) in [5.74, 6) is 0. The summed E-state index contributed by atoms with van der Waals surface area (Å²) < 4.78 is 11.2. The number of rotatable bonds is 8. The van der Waals surface area contributed by atoms with Gasteiger partial charge in [-0.2, -0.15) is 0 Å². The zero-order valence-electron chi connectivity index (χ0n) is 12.0. The van der Waals surface area contributed by atoms with Crippen LogP contribution in [-0.4, -0.2) is 44.7 Å². The SMILES string of the molecule is COCCOCC(O)CNc1ccc2cc(Br)ccc2c1. The molecule has 1 atom stereocenters. The Morgan fingerprint density at radius 3 is 2.71 bits per heavy atom. The fraction of sp³-hybridized carbons (Fsp3) is 0.375. The maximum absolute atomic E-state index is 9.82. The standard InChI is InChI=1S/C16H20BrNO3/c1-20-6-7-21-11-16(19)10-18-15-5-3-12-8-14(17)4-2-13(12)9-15/h2-5,8-9,16,18-19H,6-7,10-11H2,1H3. The number of benzene rings is 2. The minimum absolute atomic E-state index is 0.302.